The lowest BCUT2D eigenvalue weighted by atomic mass is 10.2. The van der Waals surface area contributed by atoms with Crippen LogP contribution in [0.3, 0.4) is 0 Å². The van der Waals surface area contributed by atoms with Gasteiger partial charge < -0.3 is 0 Å². The molecule has 0 aliphatic heterocycles. The van der Waals surface area contributed by atoms with Crippen molar-refractivity contribution < 1.29 is 13.2 Å². The summed E-state index contributed by atoms with van der Waals surface area (Å²) in [6, 6.07) is 14.6. The number of hydrogen-bond donors (Lipinski definition) is 1. The summed E-state index contributed by atoms with van der Waals surface area (Å²) in [4.78, 5) is 12.5. The van der Waals surface area contributed by atoms with Gasteiger partial charge in [-0.25, -0.2) is 8.42 Å². The number of aryl methyl sites for hydroxylation is 1. The highest BCUT2D eigenvalue weighted by molar-refractivity contribution is 9.10. The van der Waals surface area contributed by atoms with Gasteiger partial charge in [-0.05, 0) is 30.7 Å². The fraction of sp³-hybridized carbons (Fsp3) is 0.167. The third-order valence-electron chi connectivity index (χ3n) is 3.81. The Labute approximate surface area is 175 Å². The minimum Gasteiger partial charge on any atom is -0.299 e. The molecule has 0 saturated heterocycles. The van der Waals surface area contributed by atoms with Crippen LogP contribution in [0.4, 0.5) is 10.8 Å². The van der Waals surface area contributed by atoms with Gasteiger partial charge in [0.2, 0.25) is 21.1 Å². The van der Waals surface area contributed by atoms with E-state index in [4.69, 9.17) is 0 Å². The predicted molar refractivity (Wildman–Crippen MR) is 115 cm³/mol. The second kappa shape index (κ2) is 8.38. The van der Waals surface area contributed by atoms with Crippen LogP contribution in [0, 0.1) is 6.92 Å². The van der Waals surface area contributed by atoms with Crippen LogP contribution in [0.5, 0.6) is 0 Å². The number of nitrogens with zero attached hydrogens (tertiary/aromatic N) is 3. The number of amides is 1. The smallest absolute Gasteiger partial charge is 0.246 e. The predicted octanol–water partition coefficient (Wildman–Crippen LogP) is 3.68. The van der Waals surface area contributed by atoms with Crippen LogP contribution in [0.2, 0.25) is 0 Å². The van der Waals surface area contributed by atoms with Crippen molar-refractivity contribution in [2.75, 3.05) is 22.4 Å². The first-order chi connectivity index (χ1) is 13.2. The van der Waals surface area contributed by atoms with Crippen LogP contribution in [0.15, 0.2) is 53.0 Å². The van der Waals surface area contributed by atoms with Gasteiger partial charge in [0.1, 0.15) is 11.6 Å². The Morgan fingerprint density at radius 2 is 1.89 bits per heavy atom. The fourth-order valence-electron chi connectivity index (χ4n) is 2.44. The molecule has 10 heteroatoms. The number of aromatic nitrogens is 2. The number of carbonyl (C=O) groups is 1. The first kappa shape index (κ1) is 20.4. The molecule has 3 rings (SSSR count). The van der Waals surface area contributed by atoms with Crippen molar-refractivity contribution in [2.45, 2.75) is 6.92 Å². The molecule has 0 saturated carbocycles. The molecule has 0 aliphatic rings. The first-order valence-electron chi connectivity index (χ1n) is 8.16. The second-order valence-electron chi connectivity index (χ2n) is 6.03. The monoisotopic (exact) mass is 480 g/mol. The number of halogens is 1. The first-order valence-corrected chi connectivity index (χ1v) is 11.6. The summed E-state index contributed by atoms with van der Waals surface area (Å²) in [5.74, 6) is -0.498. The summed E-state index contributed by atoms with van der Waals surface area (Å²) in [6.07, 6.45) is 1.07. The lowest BCUT2D eigenvalue weighted by molar-refractivity contribution is -0.114. The molecule has 146 valence electrons. The summed E-state index contributed by atoms with van der Waals surface area (Å²) in [5, 5.41) is 11.6. The molecule has 1 aromatic heterocycles. The maximum atomic E-state index is 12.5. The summed E-state index contributed by atoms with van der Waals surface area (Å²) in [7, 11) is -3.65. The van der Waals surface area contributed by atoms with Crippen LogP contribution < -0.4 is 9.62 Å². The zero-order chi connectivity index (χ0) is 20.3. The number of anilines is 2. The largest absolute Gasteiger partial charge is 0.299 e. The molecule has 1 N–H and O–H groups in total. The van der Waals surface area contributed by atoms with E-state index in [-0.39, 0.29) is 6.54 Å². The summed E-state index contributed by atoms with van der Waals surface area (Å²) < 4.78 is 26.3. The molecule has 0 bridgehead atoms. The Kier molecular flexibility index (Phi) is 6.11. The van der Waals surface area contributed by atoms with Crippen molar-refractivity contribution in [1.29, 1.82) is 0 Å². The Bertz CT molecular complexity index is 1100. The molecule has 28 heavy (non-hydrogen) atoms. The van der Waals surface area contributed by atoms with Crippen molar-refractivity contribution >= 4 is 54.0 Å². The van der Waals surface area contributed by atoms with Gasteiger partial charge >= 0.3 is 0 Å². The number of hydrogen-bond acceptors (Lipinski definition) is 6. The third kappa shape index (κ3) is 4.94. The minimum atomic E-state index is -3.65. The zero-order valence-electron chi connectivity index (χ0n) is 15.1. The van der Waals surface area contributed by atoms with Crippen molar-refractivity contribution in [3.8, 4) is 10.6 Å². The van der Waals surface area contributed by atoms with E-state index in [2.05, 4.69) is 31.4 Å². The third-order valence-corrected chi connectivity index (χ3v) is 6.73. The average molecular weight is 481 g/mol. The number of sulfonamides is 1. The Morgan fingerprint density at radius 1 is 1.18 bits per heavy atom. The van der Waals surface area contributed by atoms with E-state index in [1.54, 1.807) is 18.2 Å². The topological polar surface area (TPSA) is 92.3 Å². The van der Waals surface area contributed by atoms with Gasteiger partial charge in [0.25, 0.3) is 0 Å². The molecule has 3 aromatic rings. The highest BCUT2D eigenvalue weighted by Crippen LogP contribution is 2.27. The number of carbonyl (C=O) groups excluding carboxylic acids is 1. The van der Waals surface area contributed by atoms with Gasteiger partial charge in [0.15, 0.2) is 0 Å². The van der Waals surface area contributed by atoms with Gasteiger partial charge in [0, 0.05) is 10.0 Å². The molecule has 0 radical (unpaired) electrons. The van der Waals surface area contributed by atoms with Crippen LogP contribution in [0.25, 0.3) is 10.6 Å². The van der Waals surface area contributed by atoms with E-state index in [0.29, 0.717) is 15.8 Å². The molecule has 0 unspecified atom stereocenters. The Balaban J connectivity index is 1.76. The van der Waals surface area contributed by atoms with E-state index < -0.39 is 15.9 Å². The molecular weight excluding hydrogens is 464 g/mol. The quantitative estimate of drug-likeness (QED) is 0.580. The summed E-state index contributed by atoms with van der Waals surface area (Å²) in [6.45, 7) is 1.49. The van der Waals surface area contributed by atoms with E-state index >= 15 is 0 Å². The van der Waals surface area contributed by atoms with Gasteiger partial charge in [-0.3, -0.25) is 14.4 Å². The second-order valence-corrected chi connectivity index (χ2v) is 9.77. The van der Waals surface area contributed by atoms with Crippen molar-refractivity contribution in [1.82, 2.24) is 10.2 Å². The lowest BCUT2D eigenvalue weighted by Gasteiger charge is -2.22. The highest BCUT2D eigenvalue weighted by Gasteiger charge is 2.22. The van der Waals surface area contributed by atoms with Crippen molar-refractivity contribution in [2.24, 2.45) is 0 Å². The maximum absolute atomic E-state index is 12.5. The molecule has 0 aliphatic carbocycles. The molecule has 0 atom stereocenters. The molecule has 1 amide bonds. The molecule has 2 aromatic carbocycles. The molecule has 0 fully saturated rings. The summed E-state index contributed by atoms with van der Waals surface area (Å²) in [5.41, 5.74) is 2.17. The SMILES string of the molecule is Cc1cc(N(CC(=O)Nc2nnc(-c3ccccc3)s2)S(C)(=O)=O)ccc1Br. The number of benzene rings is 2. The molecular formula is C18H17BrN4O3S2. The minimum absolute atomic E-state index is 0.310. The number of rotatable bonds is 6. The van der Waals surface area contributed by atoms with Crippen LogP contribution in [0.1, 0.15) is 5.56 Å². The highest BCUT2D eigenvalue weighted by atomic mass is 79.9. The van der Waals surface area contributed by atoms with Crippen molar-refractivity contribution in [3.63, 3.8) is 0 Å². The fourth-order valence-corrected chi connectivity index (χ4v) is 4.30. The van der Waals surface area contributed by atoms with Crippen LogP contribution >= 0.6 is 27.3 Å². The lowest BCUT2D eigenvalue weighted by Crippen LogP contribution is -2.37. The molecule has 7 nitrogen and oxygen atoms in total. The van der Waals surface area contributed by atoms with Gasteiger partial charge in [-0.1, -0.05) is 57.6 Å². The average Bonchev–Trinajstić information content (AvgIpc) is 3.10. The Hall–Kier alpha value is -2.30. The van der Waals surface area contributed by atoms with Gasteiger partial charge in [-0.2, -0.15) is 0 Å². The normalized spacial score (nSPS) is 11.2. The van der Waals surface area contributed by atoms with E-state index in [9.17, 15) is 13.2 Å². The maximum Gasteiger partial charge on any atom is 0.246 e. The van der Waals surface area contributed by atoms with Gasteiger partial charge in [0.05, 0.1) is 11.9 Å². The zero-order valence-corrected chi connectivity index (χ0v) is 18.3. The van der Waals surface area contributed by atoms with E-state index in [0.717, 1.165) is 26.2 Å². The van der Waals surface area contributed by atoms with E-state index in [1.165, 1.54) is 11.3 Å². The standard InChI is InChI=1S/C18H17BrN4O3S2/c1-12-10-14(8-9-15(12)19)23(28(2,25)26)11-16(24)20-18-22-21-17(27-18)13-6-4-3-5-7-13/h3-10H,11H2,1-2H3,(H,20,22,24). The molecule has 0 spiro atoms. The summed E-state index contributed by atoms with van der Waals surface area (Å²) >= 11 is 4.61. The van der Waals surface area contributed by atoms with Crippen LogP contribution in [-0.2, 0) is 14.8 Å². The molecule has 1 heterocycles. The number of nitrogens with one attached hydrogen (secondary N) is 1. The van der Waals surface area contributed by atoms with E-state index in [1.807, 2.05) is 37.3 Å². The van der Waals surface area contributed by atoms with Crippen LogP contribution in [-0.4, -0.2) is 37.3 Å². The van der Waals surface area contributed by atoms with Gasteiger partial charge in [-0.15, -0.1) is 10.2 Å². The Morgan fingerprint density at radius 3 is 2.54 bits per heavy atom. The van der Waals surface area contributed by atoms with Crippen molar-refractivity contribution in [3.05, 3.63) is 58.6 Å².